The highest BCUT2D eigenvalue weighted by atomic mass is 35.5. The van der Waals surface area contributed by atoms with Crippen molar-refractivity contribution in [3.8, 4) is 6.07 Å². The van der Waals surface area contributed by atoms with Crippen LogP contribution in [0, 0.1) is 22.7 Å². The highest BCUT2D eigenvalue weighted by molar-refractivity contribution is 6.33. The molecule has 0 spiro atoms. The average Bonchev–Trinajstić information content (AvgIpc) is 2.39. The van der Waals surface area contributed by atoms with Gasteiger partial charge in [-0.15, -0.1) is 0 Å². The van der Waals surface area contributed by atoms with E-state index in [1.807, 2.05) is 0 Å². The summed E-state index contributed by atoms with van der Waals surface area (Å²) in [5, 5.41) is 16.3. The normalized spacial score (nSPS) is 11.2. The Hall–Kier alpha value is -2.39. The number of ether oxygens (including phenoxy) is 1. The lowest BCUT2D eigenvalue weighted by atomic mass is 10.0. The fourth-order valence-corrected chi connectivity index (χ4v) is 1.50. The number of nitrogens with one attached hydrogen (secondary N) is 1. The number of carbonyl (C=O) groups excluding carboxylic acids is 2. The third-order valence-electron chi connectivity index (χ3n) is 2.46. The minimum atomic E-state index is -1.20. The van der Waals surface area contributed by atoms with E-state index < -0.39 is 24.3 Å². The number of ketones is 1. The van der Waals surface area contributed by atoms with Gasteiger partial charge in [-0.3, -0.25) is 4.79 Å². The maximum atomic E-state index is 11.7. The quantitative estimate of drug-likeness (QED) is 0.488. The fourth-order valence-electron chi connectivity index (χ4n) is 1.38. The van der Waals surface area contributed by atoms with E-state index >= 15 is 0 Å². The molecular formula is C13H12ClN3O3. The summed E-state index contributed by atoms with van der Waals surface area (Å²) in [6, 6.07) is 5.86. The first-order chi connectivity index (χ1) is 9.36. The topological polar surface area (TPSA) is 117 Å². The van der Waals surface area contributed by atoms with Gasteiger partial charge >= 0.3 is 5.97 Å². The van der Waals surface area contributed by atoms with Gasteiger partial charge in [-0.05, 0) is 25.1 Å². The number of nitrogens with zero attached hydrogens (tertiary/aromatic N) is 1. The number of rotatable bonds is 5. The van der Waals surface area contributed by atoms with Crippen LogP contribution in [-0.2, 0) is 9.53 Å². The van der Waals surface area contributed by atoms with E-state index in [4.69, 9.17) is 32.7 Å². The highest BCUT2D eigenvalue weighted by Gasteiger charge is 2.21. The molecule has 0 aliphatic rings. The molecular weight excluding hydrogens is 282 g/mol. The van der Waals surface area contributed by atoms with Gasteiger partial charge < -0.3 is 15.9 Å². The summed E-state index contributed by atoms with van der Waals surface area (Å²) in [4.78, 5) is 23.3. The third-order valence-corrected chi connectivity index (χ3v) is 2.81. The maximum absolute atomic E-state index is 11.7. The molecule has 0 aromatic heterocycles. The molecule has 0 saturated heterocycles. The molecule has 1 aromatic rings. The van der Waals surface area contributed by atoms with Gasteiger partial charge in [-0.1, -0.05) is 11.6 Å². The number of nitrogen functional groups attached to an aromatic ring is 1. The summed E-state index contributed by atoms with van der Waals surface area (Å²) in [5.41, 5.74) is 5.83. The molecule has 1 atom stereocenters. The zero-order chi connectivity index (χ0) is 15.3. The number of Topliss-reactive ketones (excluding diaryl/α,β-unsaturated/α-hetero) is 1. The molecule has 0 aliphatic carbocycles. The minimum absolute atomic E-state index is 0.0933. The average molecular weight is 294 g/mol. The zero-order valence-corrected chi connectivity index (χ0v) is 11.4. The van der Waals surface area contributed by atoms with E-state index in [0.717, 1.165) is 0 Å². The van der Waals surface area contributed by atoms with Crippen molar-refractivity contribution in [3.05, 3.63) is 28.8 Å². The van der Waals surface area contributed by atoms with Crippen LogP contribution in [0.4, 0.5) is 5.69 Å². The Bertz CT molecular complexity index is 607. The molecule has 7 heteroatoms. The summed E-state index contributed by atoms with van der Waals surface area (Å²) in [6.07, 6.45) is 0. The van der Waals surface area contributed by atoms with E-state index in [2.05, 4.69) is 0 Å². The summed E-state index contributed by atoms with van der Waals surface area (Å²) in [5.74, 6) is -2.59. The molecule has 104 valence electrons. The Kier molecular flexibility index (Phi) is 5.23. The molecule has 0 fully saturated rings. The van der Waals surface area contributed by atoms with Crippen LogP contribution in [0.2, 0.25) is 5.02 Å². The third kappa shape index (κ3) is 3.80. The first-order valence-electron chi connectivity index (χ1n) is 5.56. The second-order valence-electron chi connectivity index (χ2n) is 4.02. The smallest absolute Gasteiger partial charge is 0.338 e. The van der Waals surface area contributed by atoms with Crippen molar-refractivity contribution < 1.29 is 14.3 Å². The van der Waals surface area contributed by atoms with Crippen LogP contribution in [0.25, 0.3) is 0 Å². The SMILES string of the molecule is CC(=N)C(C#N)C(=O)COC(=O)c1ccc(Cl)c(N)c1. The van der Waals surface area contributed by atoms with Crippen LogP contribution in [-0.4, -0.2) is 24.1 Å². The molecule has 6 nitrogen and oxygen atoms in total. The Labute approximate surface area is 120 Å². The van der Waals surface area contributed by atoms with Gasteiger partial charge in [0.05, 0.1) is 22.3 Å². The van der Waals surface area contributed by atoms with Gasteiger partial charge in [-0.25, -0.2) is 4.79 Å². The Morgan fingerprint density at radius 1 is 1.55 bits per heavy atom. The van der Waals surface area contributed by atoms with Crippen molar-refractivity contribution in [1.82, 2.24) is 0 Å². The Balaban J connectivity index is 2.68. The number of nitriles is 1. The number of benzene rings is 1. The second kappa shape index (κ2) is 6.68. The van der Waals surface area contributed by atoms with Crippen molar-refractivity contribution in [3.63, 3.8) is 0 Å². The van der Waals surface area contributed by atoms with Crippen LogP contribution in [0.15, 0.2) is 18.2 Å². The Morgan fingerprint density at radius 3 is 2.70 bits per heavy atom. The number of carbonyl (C=O) groups is 2. The molecule has 0 aliphatic heterocycles. The van der Waals surface area contributed by atoms with Gasteiger partial charge in [0.1, 0.15) is 5.92 Å². The molecule has 0 radical (unpaired) electrons. The standard InChI is InChI=1S/C13H12ClN3O3/c1-7(16)9(5-15)12(18)6-20-13(19)8-2-3-10(14)11(17)4-8/h2-4,9,16H,6,17H2,1H3. The summed E-state index contributed by atoms with van der Waals surface area (Å²) < 4.78 is 4.78. The van der Waals surface area contributed by atoms with Crippen LogP contribution in [0.5, 0.6) is 0 Å². The lowest BCUT2D eigenvalue weighted by molar-refractivity contribution is -0.122. The van der Waals surface area contributed by atoms with Crippen LogP contribution >= 0.6 is 11.6 Å². The number of nitrogens with two attached hydrogens (primary N) is 1. The fraction of sp³-hybridized carbons (Fsp3) is 0.231. The predicted octanol–water partition coefficient (Wildman–Crippen LogP) is 1.83. The van der Waals surface area contributed by atoms with Crippen molar-refractivity contribution in [2.45, 2.75) is 6.92 Å². The predicted molar refractivity (Wildman–Crippen MR) is 73.7 cm³/mol. The molecule has 1 aromatic carbocycles. The second-order valence-corrected chi connectivity index (χ2v) is 4.43. The van der Waals surface area contributed by atoms with Crippen LogP contribution < -0.4 is 5.73 Å². The monoisotopic (exact) mass is 293 g/mol. The first-order valence-corrected chi connectivity index (χ1v) is 5.94. The molecule has 0 bridgehead atoms. The van der Waals surface area contributed by atoms with Gasteiger partial charge in [0.25, 0.3) is 0 Å². The summed E-state index contributed by atoms with van der Waals surface area (Å²) in [7, 11) is 0. The first kappa shape index (κ1) is 15.7. The zero-order valence-electron chi connectivity index (χ0n) is 10.6. The Morgan fingerprint density at radius 2 is 2.20 bits per heavy atom. The maximum Gasteiger partial charge on any atom is 0.338 e. The van der Waals surface area contributed by atoms with Crippen molar-refractivity contribution in [1.29, 1.82) is 10.7 Å². The summed E-state index contributed by atoms with van der Waals surface area (Å²) >= 11 is 5.72. The van der Waals surface area contributed by atoms with Gasteiger partial charge in [0.2, 0.25) is 0 Å². The number of hydrogen-bond donors (Lipinski definition) is 2. The lowest BCUT2D eigenvalue weighted by Crippen LogP contribution is -2.25. The van der Waals surface area contributed by atoms with Crippen molar-refractivity contribution >= 4 is 34.8 Å². The number of halogens is 1. The van der Waals surface area contributed by atoms with Crippen LogP contribution in [0.1, 0.15) is 17.3 Å². The van der Waals surface area contributed by atoms with E-state index in [1.54, 1.807) is 6.07 Å². The minimum Gasteiger partial charge on any atom is -0.454 e. The molecule has 0 amide bonds. The van der Waals surface area contributed by atoms with E-state index in [-0.39, 0.29) is 17.0 Å². The van der Waals surface area contributed by atoms with E-state index in [0.29, 0.717) is 5.02 Å². The summed E-state index contributed by atoms with van der Waals surface area (Å²) in [6.45, 7) is 0.767. The number of esters is 1. The van der Waals surface area contributed by atoms with E-state index in [9.17, 15) is 9.59 Å². The van der Waals surface area contributed by atoms with Gasteiger partial charge in [-0.2, -0.15) is 5.26 Å². The molecule has 0 saturated carbocycles. The largest absolute Gasteiger partial charge is 0.454 e. The van der Waals surface area contributed by atoms with Crippen molar-refractivity contribution in [2.24, 2.45) is 5.92 Å². The van der Waals surface area contributed by atoms with Crippen LogP contribution in [0.3, 0.4) is 0 Å². The van der Waals surface area contributed by atoms with Crippen molar-refractivity contribution in [2.75, 3.05) is 12.3 Å². The molecule has 1 unspecified atom stereocenters. The molecule has 0 heterocycles. The molecule has 1 rings (SSSR count). The molecule has 20 heavy (non-hydrogen) atoms. The lowest BCUT2D eigenvalue weighted by Gasteiger charge is -2.08. The number of anilines is 1. The van der Waals surface area contributed by atoms with Gasteiger partial charge in [0, 0.05) is 5.71 Å². The molecule has 3 N–H and O–H groups in total. The highest BCUT2D eigenvalue weighted by Crippen LogP contribution is 2.19. The van der Waals surface area contributed by atoms with E-state index in [1.165, 1.54) is 25.1 Å². The number of hydrogen-bond acceptors (Lipinski definition) is 6. The van der Waals surface area contributed by atoms with Gasteiger partial charge in [0.15, 0.2) is 12.4 Å².